The number of aromatic amines is 1. The standard InChI is InChI=1S/C21H22N6O2S/c1-26-8-3-9-27(11-10-26)30(28,29)16-5-6-18-20(13-16)25-21(24-18)15-12-19-17(23-14-15)4-2-7-22-19/h2,4-7,12-14H,3,8-11H2,1H3,(H,24,25). The van der Waals surface area contributed by atoms with E-state index in [1.165, 1.54) is 0 Å². The minimum Gasteiger partial charge on any atom is -0.338 e. The fourth-order valence-corrected chi connectivity index (χ4v) is 5.28. The molecule has 154 valence electrons. The third-order valence-electron chi connectivity index (χ3n) is 5.49. The zero-order valence-electron chi connectivity index (χ0n) is 16.6. The Morgan fingerprint density at radius 3 is 2.77 bits per heavy atom. The van der Waals surface area contributed by atoms with E-state index in [2.05, 4.69) is 24.8 Å². The third-order valence-corrected chi connectivity index (χ3v) is 7.39. The number of nitrogens with zero attached hydrogens (tertiary/aromatic N) is 5. The lowest BCUT2D eigenvalue weighted by Gasteiger charge is -2.20. The van der Waals surface area contributed by atoms with Crippen molar-refractivity contribution in [2.24, 2.45) is 0 Å². The van der Waals surface area contributed by atoms with Crippen molar-refractivity contribution in [3.63, 3.8) is 0 Å². The summed E-state index contributed by atoms with van der Waals surface area (Å²) in [7, 11) is -1.53. The molecule has 5 rings (SSSR count). The van der Waals surface area contributed by atoms with Gasteiger partial charge in [-0.2, -0.15) is 4.31 Å². The lowest BCUT2D eigenvalue weighted by molar-refractivity contribution is 0.347. The summed E-state index contributed by atoms with van der Waals surface area (Å²) in [6.07, 6.45) is 4.30. The van der Waals surface area contributed by atoms with Crippen LogP contribution in [-0.2, 0) is 10.0 Å². The summed E-state index contributed by atoms with van der Waals surface area (Å²) in [5, 5.41) is 0. The fraction of sp³-hybridized carbons (Fsp3) is 0.286. The van der Waals surface area contributed by atoms with Crippen LogP contribution in [-0.4, -0.2) is 70.8 Å². The van der Waals surface area contributed by atoms with Gasteiger partial charge in [-0.05, 0) is 56.4 Å². The van der Waals surface area contributed by atoms with E-state index < -0.39 is 10.0 Å². The summed E-state index contributed by atoms with van der Waals surface area (Å²) in [5.41, 5.74) is 3.79. The van der Waals surface area contributed by atoms with Crippen LogP contribution in [0, 0.1) is 0 Å². The number of aromatic nitrogens is 4. The molecule has 0 bridgehead atoms. The maximum absolute atomic E-state index is 13.2. The monoisotopic (exact) mass is 422 g/mol. The maximum Gasteiger partial charge on any atom is 0.243 e. The van der Waals surface area contributed by atoms with Gasteiger partial charge in [0.25, 0.3) is 0 Å². The Hall–Kier alpha value is -2.88. The van der Waals surface area contributed by atoms with E-state index in [-0.39, 0.29) is 4.90 Å². The van der Waals surface area contributed by atoms with Gasteiger partial charge in [0.15, 0.2) is 0 Å². The highest BCUT2D eigenvalue weighted by atomic mass is 32.2. The SMILES string of the molecule is CN1CCCN(S(=O)(=O)c2ccc3nc(-c4cnc5cccnc5c4)[nH]c3c2)CC1. The molecule has 1 N–H and O–H groups in total. The largest absolute Gasteiger partial charge is 0.338 e. The van der Waals surface area contributed by atoms with Crippen molar-refractivity contribution in [1.82, 2.24) is 29.1 Å². The van der Waals surface area contributed by atoms with Gasteiger partial charge in [0.1, 0.15) is 5.82 Å². The number of hydrogen-bond donors (Lipinski definition) is 1. The molecule has 9 heteroatoms. The van der Waals surface area contributed by atoms with Crippen molar-refractivity contribution in [2.45, 2.75) is 11.3 Å². The third kappa shape index (κ3) is 3.45. The average molecular weight is 423 g/mol. The summed E-state index contributed by atoms with van der Waals surface area (Å²) in [5.74, 6) is 0.635. The molecule has 0 spiro atoms. The van der Waals surface area contributed by atoms with Gasteiger partial charge in [0.2, 0.25) is 10.0 Å². The molecular formula is C21H22N6O2S. The summed E-state index contributed by atoms with van der Waals surface area (Å²) in [6, 6.07) is 10.7. The number of H-pyrrole nitrogens is 1. The van der Waals surface area contributed by atoms with E-state index in [1.807, 2.05) is 25.2 Å². The molecule has 0 amide bonds. The average Bonchev–Trinajstić information content (AvgIpc) is 3.06. The Morgan fingerprint density at radius 1 is 0.967 bits per heavy atom. The molecule has 8 nitrogen and oxygen atoms in total. The highest BCUT2D eigenvalue weighted by Gasteiger charge is 2.26. The molecule has 1 aromatic carbocycles. The van der Waals surface area contributed by atoms with Gasteiger partial charge in [-0.3, -0.25) is 9.97 Å². The minimum absolute atomic E-state index is 0.285. The highest BCUT2D eigenvalue weighted by molar-refractivity contribution is 7.89. The first-order chi connectivity index (χ1) is 14.5. The minimum atomic E-state index is -3.55. The lowest BCUT2D eigenvalue weighted by Crippen LogP contribution is -2.34. The zero-order valence-corrected chi connectivity index (χ0v) is 17.4. The predicted molar refractivity (Wildman–Crippen MR) is 115 cm³/mol. The maximum atomic E-state index is 13.2. The van der Waals surface area contributed by atoms with Crippen molar-refractivity contribution in [1.29, 1.82) is 0 Å². The molecule has 0 aliphatic carbocycles. The van der Waals surface area contributed by atoms with Crippen LogP contribution in [0.15, 0.2) is 53.7 Å². The molecule has 1 saturated heterocycles. The zero-order chi connectivity index (χ0) is 20.7. The summed E-state index contributed by atoms with van der Waals surface area (Å²) in [4.78, 5) is 19.1. The number of pyridine rings is 2. The van der Waals surface area contributed by atoms with E-state index >= 15 is 0 Å². The molecular weight excluding hydrogens is 400 g/mol. The van der Waals surface area contributed by atoms with Gasteiger partial charge in [-0.1, -0.05) is 0 Å². The molecule has 1 aliphatic heterocycles. The molecule has 30 heavy (non-hydrogen) atoms. The number of sulfonamides is 1. The topological polar surface area (TPSA) is 95.1 Å². The number of hydrogen-bond acceptors (Lipinski definition) is 6. The normalized spacial score (nSPS) is 16.8. The predicted octanol–water partition coefficient (Wildman–Crippen LogP) is 2.50. The smallest absolute Gasteiger partial charge is 0.243 e. The van der Waals surface area contributed by atoms with Crippen LogP contribution in [0.25, 0.3) is 33.5 Å². The number of likely N-dealkylation sites (N-methyl/N-ethyl adjacent to an activating group) is 1. The molecule has 0 radical (unpaired) electrons. The second-order valence-electron chi connectivity index (χ2n) is 7.59. The molecule has 4 aromatic rings. The number of fused-ring (bicyclic) bond motifs is 2. The Labute approximate surface area is 174 Å². The van der Waals surface area contributed by atoms with E-state index in [1.54, 1.807) is 34.9 Å². The van der Waals surface area contributed by atoms with Crippen LogP contribution in [0.5, 0.6) is 0 Å². The van der Waals surface area contributed by atoms with Gasteiger partial charge in [0, 0.05) is 37.6 Å². The van der Waals surface area contributed by atoms with Crippen molar-refractivity contribution in [2.75, 3.05) is 33.2 Å². The van der Waals surface area contributed by atoms with Crippen LogP contribution < -0.4 is 0 Å². The highest BCUT2D eigenvalue weighted by Crippen LogP contribution is 2.25. The van der Waals surface area contributed by atoms with Gasteiger partial charge in [-0.25, -0.2) is 13.4 Å². The molecule has 3 aromatic heterocycles. The molecule has 0 unspecified atom stereocenters. The van der Waals surface area contributed by atoms with Crippen molar-refractivity contribution in [3.8, 4) is 11.4 Å². The number of nitrogens with one attached hydrogen (secondary N) is 1. The first kappa shape index (κ1) is 19.1. The summed E-state index contributed by atoms with van der Waals surface area (Å²) >= 11 is 0. The van der Waals surface area contributed by atoms with Crippen molar-refractivity contribution < 1.29 is 8.42 Å². The van der Waals surface area contributed by atoms with Crippen LogP contribution >= 0.6 is 0 Å². The van der Waals surface area contributed by atoms with E-state index in [4.69, 9.17) is 0 Å². The molecule has 1 fully saturated rings. The van der Waals surface area contributed by atoms with Crippen molar-refractivity contribution in [3.05, 3.63) is 48.8 Å². The number of benzene rings is 1. The van der Waals surface area contributed by atoms with E-state index in [9.17, 15) is 8.42 Å². The Bertz CT molecular complexity index is 1330. The van der Waals surface area contributed by atoms with E-state index in [0.29, 0.717) is 29.9 Å². The molecule has 1 aliphatic rings. The van der Waals surface area contributed by atoms with Gasteiger partial charge >= 0.3 is 0 Å². The fourth-order valence-electron chi connectivity index (χ4n) is 3.78. The Kier molecular flexibility index (Phi) is 4.73. The van der Waals surface area contributed by atoms with Gasteiger partial charge in [0.05, 0.1) is 27.0 Å². The van der Waals surface area contributed by atoms with E-state index in [0.717, 1.165) is 36.1 Å². The van der Waals surface area contributed by atoms with Crippen LogP contribution in [0.2, 0.25) is 0 Å². The van der Waals surface area contributed by atoms with Gasteiger partial charge in [-0.15, -0.1) is 0 Å². The lowest BCUT2D eigenvalue weighted by atomic mass is 10.2. The van der Waals surface area contributed by atoms with Crippen LogP contribution in [0.1, 0.15) is 6.42 Å². The molecule has 4 heterocycles. The second kappa shape index (κ2) is 7.42. The molecule has 0 saturated carbocycles. The first-order valence-corrected chi connectivity index (χ1v) is 11.3. The Balaban J connectivity index is 1.50. The summed E-state index contributed by atoms with van der Waals surface area (Å²) in [6.45, 7) is 2.68. The summed E-state index contributed by atoms with van der Waals surface area (Å²) < 4.78 is 27.9. The molecule has 0 atom stereocenters. The van der Waals surface area contributed by atoms with Crippen LogP contribution in [0.4, 0.5) is 0 Å². The number of imidazole rings is 1. The Morgan fingerprint density at radius 2 is 1.87 bits per heavy atom. The van der Waals surface area contributed by atoms with Crippen LogP contribution in [0.3, 0.4) is 0 Å². The van der Waals surface area contributed by atoms with Crippen molar-refractivity contribution >= 4 is 32.1 Å². The van der Waals surface area contributed by atoms with Gasteiger partial charge < -0.3 is 9.88 Å². The number of rotatable bonds is 3. The second-order valence-corrected chi connectivity index (χ2v) is 9.53. The quantitative estimate of drug-likeness (QED) is 0.545. The first-order valence-electron chi connectivity index (χ1n) is 9.90.